The number of hydrogen-bond donors (Lipinski definition) is 1. The predicted molar refractivity (Wildman–Crippen MR) is 119 cm³/mol. The number of ether oxygens (including phenoxy) is 1. The molecular weight excluding hydrogens is 388 g/mol. The monoisotopic (exact) mass is 412 g/mol. The highest BCUT2D eigenvalue weighted by Crippen LogP contribution is 2.26. The normalized spacial score (nSPS) is 16.1. The van der Waals surface area contributed by atoms with Crippen LogP contribution in [0.2, 0.25) is 0 Å². The maximum absolute atomic E-state index is 12.6. The second-order valence-corrected chi connectivity index (χ2v) is 7.59. The van der Waals surface area contributed by atoms with E-state index in [4.69, 9.17) is 9.84 Å². The maximum atomic E-state index is 12.6. The van der Waals surface area contributed by atoms with Crippen molar-refractivity contribution in [2.45, 2.75) is 25.9 Å². The van der Waals surface area contributed by atoms with Gasteiger partial charge in [-0.05, 0) is 38.0 Å². The fraction of sp³-hybridized carbons (Fsp3) is 0.240. The third kappa shape index (κ3) is 4.90. The van der Waals surface area contributed by atoms with Crippen molar-refractivity contribution in [2.75, 3.05) is 13.2 Å². The van der Waals surface area contributed by atoms with E-state index in [9.17, 15) is 10.1 Å². The number of nitrogens with zero attached hydrogens (tertiary/aromatic N) is 3. The van der Waals surface area contributed by atoms with Crippen molar-refractivity contribution in [3.63, 3.8) is 0 Å². The van der Waals surface area contributed by atoms with Gasteiger partial charge < -0.3 is 10.1 Å². The Kier molecular flexibility index (Phi) is 6.25. The lowest BCUT2D eigenvalue weighted by Crippen LogP contribution is -2.32. The first kappa shape index (κ1) is 20.6. The van der Waals surface area contributed by atoms with E-state index in [1.54, 1.807) is 10.8 Å². The van der Waals surface area contributed by atoms with Crippen molar-refractivity contribution < 1.29 is 9.53 Å². The Balaban J connectivity index is 1.67. The van der Waals surface area contributed by atoms with Crippen LogP contribution in [-0.4, -0.2) is 34.9 Å². The summed E-state index contributed by atoms with van der Waals surface area (Å²) in [4.78, 5) is 12.6. The highest BCUT2D eigenvalue weighted by molar-refractivity contribution is 6.02. The topological polar surface area (TPSA) is 79.9 Å². The van der Waals surface area contributed by atoms with Crippen LogP contribution in [0.15, 0.2) is 66.4 Å². The van der Waals surface area contributed by atoms with Crippen LogP contribution in [0.5, 0.6) is 0 Å². The van der Waals surface area contributed by atoms with Gasteiger partial charge in [-0.2, -0.15) is 10.4 Å². The Bertz CT molecular complexity index is 1120. The number of nitrogens with one attached hydrogen (secondary N) is 1. The molecule has 0 bridgehead atoms. The fourth-order valence-corrected chi connectivity index (χ4v) is 3.55. The van der Waals surface area contributed by atoms with Crippen LogP contribution in [-0.2, 0) is 9.53 Å². The predicted octanol–water partition coefficient (Wildman–Crippen LogP) is 4.05. The minimum atomic E-state index is -0.402. The number of aryl methyl sites for hydroxylation is 1. The molecule has 6 nitrogen and oxygen atoms in total. The number of hydrogen-bond acceptors (Lipinski definition) is 4. The number of benzene rings is 2. The molecule has 1 fully saturated rings. The van der Waals surface area contributed by atoms with Gasteiger partial charge in [-0.1, -0.05) is 48.0 Å². The van der Waals surface area contributed by atoms with Gasteiger partial charge >= 0.3 is 0 Å². The Labute approximate surface area is 181 Å². The van der Waals surface area contributed by atoms with E-state index < -0.39 is 5.91 Å². The molecule has 1 saturated heterocycles. The van der Waals surface area contributed by atoms with Crippen LogP contribution in [0, 0.1) is 18.3 Å². The van der Waals surface area contributed by atoms with Crippen molar-refractivity contribution in [3.05, 3.63) is 77.5 Å². The van der Waals surface area contributed by atoms with Crippen molar-refractivity contribution in [1.82, 2.24) is 15.1 Å². The number of carbonyl (C=O) groups is 1. The van der Waals surface area contributed by atoms with E-state index in [2.05, 4.69) is 5.32 Å². The minimum absolute atomic E-state index is 0.0212. The highest BCUT2D eigenvalue weighted by atomic mass is 16.5. The second-order valence-electron chi connectivity index (χ2n) is 7.59. The van der Waals surface area contributed by atoms with Gasteiger partial charge in [0.1, 0.15) is 11.6 Å². The summed E-state index contributed by atoms with van der Waals surface area (Å²) in [5.74, 6) is -0.402. The summed E-state index contributed by atoms with van der Waals surface area (Å²) in [6.07, 6.45) is 5.39. The van der Waals surface area contributed by atoms with Gasteiger partial charge in [-0.25, -0.2) is 4.68 Å². The summed E-state index contributed by atoms with van der Waals surface area (Å²) < 4.78 is 7.31. The summed E-state index contributed by atoms with van der Waals surface area (Å²) in [5.41, 5.74) is 4.43. The summed E-state index contributed by atoms with van der Waals surface area (Å²) in [5, 5.41) is 17.2. The first-order valence-corrected chi connectivity index (χ1v) is 10.4. The minimum Gasteiger partial charge on any atom is -0.376 e. The van der Waals surface area contributed by atoms with Crippen molar-refractivity contribution in [3.8, 4) is 23.0 Å². The third-order valence-corrected chi connectivity index (χ3v) is 5.27. The molecule has 0 spiro atoms. The van der Waals surface area contributed by atoms with Crippen LogP contribution in [0.4, 0.5) is 0 Å². The molecule has 4 rings (SSSR count). The van der Waals surface area contributed by atoms with Crippen LogP contribution in [0.1, 0.15) is 24.0 Å². The van der Waals surface area contributed by atoms with Gasteiger partial charge in [0.25, 0.3) is 5.91 Å². The molecule has 1 aromatic heterocycles. The number of amides is 1. The average Bonchev–Trinajstić information content (AvgIpc) is 3.47. The molecule has 0 radical (unpaired) electrons. The molecule has 156 valence electrons. The molecule has 6 heteroatoms. The lowest BCUT2D eigenvalue weighted by molar-refractivity contribution is -0.117. The maximum Gasteiger partial charge on any atom is 0.262 e. The smallest absolute Gasteiger partial charge is 0.262 e. The van der Waals surface area contributed by atoms with Gasteiger partial charge in [0.15, 0.2) is 0 Å². The molecule has 2 aromatic carbocycles. The van der Waals surface area contributed by atoms with Crippen molar-refractivity contribution >= 4 is 12.0 Å². The quantitative estimate of drug-likeness (QED) is 0.489. The molecule has 31 heavy (non-hydrogen) atoms. The van der Waals surface area contributed by atoms with Crippen LogP contribution in [0.25, 0.3) is 23.0 Å². The van der Waals surface area contributed by atoms with Gasteiger partial charge in [0, 0.05) is 30.5 Å². The number of para-hydroxylation sites is 1. The molecule has 1 aliphatic rings. The zero-order valence-electron chi connectivity index (χ0n) is 17.4. The Morgan fingerprint density at radius 2 is 2.03 bits per heavy atom. The average molecular weight is 412 g/mol. The van der Waals surface area contributed by atoms with Gasteiger partial charge in [0.2, 0.25) is 0 Å². The van der Waals surface area contributed by atoms with Crippen LogP contribution < -0.4 is 5.32 Å². The van der Waals surface area contributed by atoms with E-state index in [-0.39, 0.29) is 11.7 Å². The third-order valence-electron chi connectivity index (χ3n) is 5.27. The summed E-state index contributed by atoms with van der Waals surface area (Å²) in [6, 6.07) is 19.8. The molecule has 0 unspecified atom stereocenters. The van der Waals surface area contributed by atoms with E-state index in [1.807, 2.05) is 73.8 Å². The SMILES string of the molecule is Cc1ccc(-c2nn(-c3ccccc3)cc2/C=C(\C#N)C(=O)NC[C@@H]2CCCO2)cc1. The Morgan fingerprint density at radius 1 is 1.26 bits per heavy atom. The summed E-state index contributed by atoms with van der Waals surface area (Å²) in [6.45, 7) is 3.16. The molecule has 3 aromatic rings. The Hall–Kier alpha value is -3.69. The standard InChI is InChI=1S/C25H24N4O2/c1-18-9-11-19(12-10-18)24-21(17-29(28-24)22-6-3-2-4-7-22)14-20(15-26)25(30)27-16-23-8-5-13-31-23/h2-4,6-7,9-12,14,17,23H,5,8,13,16H2,1H3,(H,27,30)/b20-14+/t23-/m0/s1. The zero-order chi connectivity index (χ0) is 21.6. The Morgan fingerprint density at radius 3 is 2.71 bits per heavy atom. The fourth-order valence-electron chi connectivity index (χ4n) is 3.55. The lowest BCUT2D eigenvalue weighted by atomic mass is 10.0. The largest absolute Gasteiger partial charge is 0.376 e. The van der Waals surface area contributed by atoms with Gasteiger partial charge in [0.05, 0.1) is 17.5 Å². The van der Waals surface area contributed by atoms with Crippen LogP contribution in [0.3, 0.4) is 0 Å². The van der Waals surface area contributed by atoms with E-state index in [0.29, 0.717) is 17.8 Å². The number of carbonyl (C=O) groups excluding carboxylic acids is 1. The molecule has 0 aliphatic carbocycles. The first-order valence-electron chi connectivity index (χ1n) is 10.4. The van der Waals surface area contributed by atoms with Crippen molar-refractivity contribution in [2.24, 2.45) is 0 Å². The number of nitriles is 1. The molecule has 2 heterocycles. The van der Waals surface area contributed by atoms with E-state index >= 15 is 0 Å². The lowest BCUT2D eigenvalue weighted by Gasteiger charge is -2.10. The number of aromatic nitrogens is 2. The van der Waals surface area contributed by atoms with E-state index in [0.717, 1.165) is 36.3 Å². The molecule has 1 N–H and O–H groups in total. The second kappa shape index (κ2) is 9.41. The summed E-state index contributed by atoms with van der Waals surface area (Å²) in [7, 11) is 0. The molecule has 1 atom stereocenters. The molecule has 0 saturated carbocycles. The first-order chi connectivity index (χ1) is 15.1. The van der Waals surface area contributed by atoms with Crippen LogP contribution >= 0.6 is 0 Å². The molecule has 1 aliphatic heterocycles. The van der Waals surface area contributed by atoms with Crippen molar-refractivity contribution in [1.29, 1.82) is 5.26 Å². The molecular formula is C25H24N4O2. The number of rotatable bonds is 6. The molecule has 1 amide bonds. The zero-order valence-corrected chi connectivity index (χ0v) is 17.4. The highest BCUT2D eigenvalue weighted by Gasteiger charge is 2.19. The summed E-state index contributed by atoms with van der Waals surface area (Å²) >= 11 is 0. The van der Waals surface area contributed by atoms with E-state index in [1.165, 1.54) is 0 Å². The van der Waals surface area contributed by atoms with Gasteiger partial charge in [-0.3, -0.25) is 4.79 Å². The van der Waals surface area contributed by atoms with Gasteiger partial charge in [-0.15, -0.1) is 0 Å².